The molecule has 9 heteroatoms. The van der Waals surface area contributed by atoms with Gasteiger partial charge >= 0.3 is 0 Å². The third-order valence-corrected chi connectivity index (χ3v) is 7.20. The van der Waals surface area contributed by atoms with Gasteiger partial charge in [0.05, 0.1) is 27.6 Å². The predicted octanol–water partition coefficient (Wildman–Crippen LogP) is 5.23. The lowest BCUT2D eigenvalue weighted by Gasteiger charge is -2.13. The minimum Gasteiger partial charge on any atom is -0.493 e. The summed E-state index contributed by atoms with van der Waals surface area (Å²) in [5.41, 5.74) is 3.26. The highest BCUT2D eigenvalue weighted by molar-refractivity contribution is 7.99. The summed E-state index contributed by atoms with van der Waals surface area (Å²) in [5, 5.41) is 15.8. The molecule has 0 saturated carbocycles. The second-order valence-electron chi connectivity index (χ2n) is 7.62. The van der Waals surface area contributed by atoms with E-state index in [-0.39, 0.29) is 21.8 Å². The van der Waals surface area contributed by atoms with Gasteiger partial charge in [0.15, 0.2) is 5.16 Å². The second kappa shape index (κ2) is 8.74. The Balaban J connectivity index is 1.40. The van der Waals surface area contributed by atoms with Crippen molar-refractivity contribution in [3.05, 3.63) is 86.1 Å². The molecule has 33 heavy (non-hydrogen) atoms. The van der Waals surface area contributed by atoms with Gasteiger partial charge in [0, 0.05) is 11.1 Å². The summed E-state index contributed by atoms with van der Waals surface area (Å²) in [5.74, 6) is -0.691. The van der Waals surface area contributed by atoms with Crippen LogP contribution in [0.1, 0.15) is 11.1 Å². The first-order chi connectivity index (χ1) is 15.9. The summed E-state index contributed by atoms with van der Waals surface area (Å²) in [6.45, 7) is 0. The van der Waals surface area contributed by atoms with Crippen LogP contribution in [0.25, 0.3) is 16.5 Å². The van der Waals surface area contributed by atoms with E-state index in [2.05, 4.69) is 22.4 Å². The van der Waals surface area contributed by atoms with Crippen molar-refractivity contribution in [3.8, 4) is 11.6 Å². The number of nitrogens with one attached hydrogen (secondary N) is 1. The monoisotopic (exact) mass is 497 g/mol. The maximum atomic E-state index is 12.8. The third kappa shape index (κ3) is 4.19. The fraction of sp³-hybridized carbons (Fsp3) is 0.125. The van der Waals surface area contributed by atoms with Crippen molar-refractivity contribution < 1.29 is 9.90 Å². The molecular weight excluding hydrogens is 481 g/mol. The van der Waals surface area contributed by atoms with Crippen molar-refractivity contribution in [1.82, 2.24) is 9.55 Å². The number of halogens is 2. The standard InChI is InChI=1S/C24H17Cl2N3O3S/c25-17-8-7-15(10-18(17)26)29-22(32)11-20(30)28-24(29)33-12-21(31)27-19-9-6-14-5-4-13-2-1-3-16(19)23(13)14/h1-3,6-11,30H,4-5,12H2,(H,27,31). The number of anilines is 1. The molecule has 0 fully saturated rings. The molecule has 0 spiro atoms. The van der Waals surface area contributed by atoms with E-state index < -0.39 is 11.4 Å². The normalized spacial score (nSPS) is 12.3. The van der Waals surface area contributed by atoms with E-state index in [4.69, 9.17) is 23.2 Å². The zero-order valence-electron chi connectivity index (χ0n) is 17.1. The number of carbonyl (C=O) groups excluding carboxylic acids is 1. The molecular formula is C24H17Cl2N3O3S. The van der Waals surface area contributed by atoms with E-state index in [1.165, 1.54) is 27.1 Å². The number of benzene rings is 3. The Labute approximate surface area is 203 Å². The van der Waals surface area contributed by atoms with Gasteiger partial charge in [-0.15, -0.1) is 0 Å². The van der Waals surface area contributed by atoms with Crippen LogP contribution in [0, 0.1) is 0 Å². The van der Waals surface area contributed by atoms with E-state index in [1.54, 1.807) is 12.1 Å². The maximum Gasteiger partial charge on any atom is 0.262 e. The number of hydrogen-bond acceptors (Lipinski definition) is 5. The number of amides is 1. The quantitative estimate of drug-likeness (QED) is 0.291. The van der Waals surface area contributed by atoms with E-state index in [0.717, 1.165) is 41.7 Å². The molecule has 1 aliphatic carbocycles. The van der Waals surface area contributed by atoms with Crippen LogP contribution in [0.2, 0.25) is 10.0 Å². The van der Waals surface area contributed by atoms with Crippen LogP contribution in [0.5, 0.6) is 5.88 Å². The first-order valence-corrected chi connectivity index (χ1v) is 11.9. The van der Waals surface area contributed by atoms with E-state index >= 15 is 0 Å². The minimum atomic E-state index is -0.503. The first-order valence-electron chi connectivity index (χ1n) is 10.2. The average molecular weight is 498 g/mol. The lowest BCUT2D eigenvalue weighted by Crippen LogP contribution is -2.21. The molecule has 1 aromatic heterocycles. The highest BCUT2D eigenvalue weighted by atomic mass is 35.5. The average Bonchev–Trinajstić information content (AvgIpc) is 3.21. The zero-order valence-corrected chi connectivity index (χ0v) is 19.5. The van der Waals surface area contributed by atoms with Crippen LogP contribution in [0.4, 0.5) is 5.69 Å². The maximum absolute atomic E-state index is 12.8. The number of hydrogen-bond donors (Lipinski definition) is 2. The van der Waals surface area contributed by atoms with Crippen LogP contribution in [0.15, 0.2) is 64.5 Å². The van der Waals surface area contributed by atoms with Gasteiger partial charge < -0.3 is 10.4 Å². The van der Waals surface area contributed by atoms with Crippen LogP contribution < -0.4 is 10.9 Å². The van der Waals surface area contributed by atoms with Crippen molar-refractivity contribution in [2.75, 3.05) is 11.1 Å². The minimum absolute atomic E-state index is 0.0137. The summed E-state index contributed by atoms with van der Waals surface area (Å²) in [4.78, 5) is 29.4. The van der Waals surface area contributed by atoms with Crippen LogP contribution in [-0.4, -0.2) is 26.3 Å². The molecule has 0 radical (unpaired) electrons. The van der Waals surface area contributed by atoms with Crippen molar-refractivity contribution in [2.24, 2.45) is 0 Å². The molecule has 4 aromatic rings. The molecule has 0 aliphatic heterocycles. The van der Waals surface area contributed by atoms with Crippen LogP contribution in [-0.2, 0) is 17.6 Å². The van der Waals surface area contributed by atoms with Crippen molar-refractivity contribution in [2.45, 2.75) is 18.0 Å². The topological polar surface area (TPSA) is 84.2 Å². The molecule has 0 atom stereocenters. The van der Waals surface area contributed by atoms with Gasteiger partial charge in [0.25, 0.3) is 5.56 Å². The molecule has 1 amide bonds. The van der Waals surface area contributed by atoms with Crippen molar-refractivity contribution in [3.63, 3.8) is 0 Å². The molecule has 5 rings (SSSR count). The van der Waals surface area contributed by atoms with E-state index in [9.17, 15) is 14.7 Å². The molecule has 3 aromatic carbocycles. The van der Waals surface area contributed by atoms with E-state index in [1.807, 2.05) is 18.2 Å². The molecule has 0 bridgehead atoms. The molecule has 0 unspecified atom stereocenters. The smallest absolute Gasteiger partial charge is 0.262 e. The van der Waals surface area contributed by atoms with Gasteiger partial charge in [-0.05, 0) is 53.6 Å². The highest BCUT2D eigenvalue weighted by Crippen LogP contribution is 2.35. The molecule has 2 N–H and O–H groups in total. The van der Waals surface area contributed by atoms with Gasteiger partial charge in [0.2, 0.25) is 11.8 Å². The first kappa shape index (κ1) is 21.8. The second-order valence-corrected chi connectivity index (χ2v) is 9.37. The molecule has 1 heterocycles. The summed E-state index contributed by atoms with van der Waals surface area (Å²) in [7, 11) is 0. The fourth-order valence-electron chi connectivity index (χ4n) is 4.08. The summed E-state index contributed by atoms with van der Waals surface area (Å²) >= 11 is 13.1. The Morgan fingerprint density at radius 1 is 1.06 bits per heavy atom. The number of aromatic nitrogens is 2. The largest absolute Gasteiger partial charge is 0.493 e. The van der Waals surface area contributed by atoms with Crippen molar-refractivity contribution in [1.29, 1.82) is 0 Å². The Hall–Kier alpha value is -3.00. The van der Waals surface area contributed by atoms with Crippen LogP contribution in [0.3, 0.4) is 0 Å². The SMILES string of the molecule is O=C(CSc1nc(O)cc(=O)n1-c1ccc(Cl)c(Cl)c1)Nc1ccc2c3c(cccc13)CC2. The fourth-order valence-corrected chi connectivity index (χ4v) is 5.19. The number of aromatic hydroxyl groups is 1. The molecule has 0 saturated heterocycles. The predicted molar refractivity (Wildman–Crippen MR) is 132 cm³/mol. The Kier molecular flexibility index (Phi) is 5.78. The highest BCUT2D eigenvalue weighted by Gasteiger charge is 2.18. The Bertz CT molecular complexity index is 1480. The van der Waals surface area contributed by atoms with Gasteiger partial charge in [-0.25, -0.2) is 0 Å². The lowest BCUT2D eigenvalue weighted by atomic mass is 10.0. The lowest BCUT2D eigenvalue weighted by molar-refractivity contribution is -0.113. The zero-order chi connectivity index (χ0) is 23.1. The van der Waals surface area contributed by atoms with Crippen LogP contribution >= 0.6 is 35.0 Å². The number of thioether (sulfide) groups is 1. The number of nitrogens with zero attached hydrogens (tertiary/aromatic N) is 2. The molecule has 6 nitrogen and oxygen atoms in total. The number of carbonyl (C=O) groups is 1. The molecule has 1 aliphatic rings. The van der Waals surface area contributed by atoms with Gasteiger partial charge in [0.1, 0.15) is 0 Å². The van der Waals surface area contributed by atoms with Gasteiger partial charge in [-0.1, -0.05) is 59.2 Å². The third-order valence-electron chi connectivity index (χ3n) is 5.52. The summed E-state index contributed by atoms with van der Waals surface area (Å²) in [6, 6.07) is 15.8. The van der Waals surface area contributed by atoms with Crippen molar-refractivity contribution >= 4 is 57.3 Å². The van der Waals surface area contributed by atoms with E-state index in [0.29, 0.717) is 10.7 Å². The molecule has 166 valence electrons. The van der Waals surface area contributed by atoms with Gasteiger partial charge in [-0.2, -0.15) is 4.98 Å². The van der Waals surface area contributed by atoms with Gasteiger partial charge in [-0.3, -0.25) is 14.2 Å². The summed E-state index contributed by atoms with van der Waals surface area (Å²) in [6.07, 6.45) is 2.02. The Morgan fingerprint density at radius 2 is 1.85 bits per heavy atom. The Morgan fingerprint density at radius 3 is 2.64 bits per heavy atom. The summed E-state index contributed by atoms with van der Waals surface area (Å²) < 4.78 is 1.28. The number of aryl methyl sites for hydroxylation is 2. The number of rotatable bonds is 5.